The van der Waals surface area contributed by atoms with Gasteiger partial charge < -0.3 is 15.5 Å². The Bertz CT molecular complexity index is 872. The molecule has 0 aliphatic heterocycles. The third-order valence-electron chi connectivity index (χ3n) is 3.86. The summed E-state index contributed by atoms with van der Waals surface area (Å²) in [5.74, 6) is 0.199. The molecule has 6 heteroatoms. The normalized spacial score (nSPS) is 10.3. The van der Waals surface area contributed by atoms with Crippen molar-refractivity contribution in [3.63, 3.8) is 0 Å². The van der Waals surface area contributed by atoms with Crippen LogP contribution in [-0.2, 0) is 0 Å². The molecule has 1 aromatic heterocycles. The molecule has 0 saturated carbocycles. The van der Waals surface area contributed by atoms with Gasteiger partial charge in [0, 0.05) is 43.6 Å². The number of aryl methyl sites for hydroxylation is 1. The van der Waals surface area contributed by atoms with E-state index >= 15 is 0 Å². The van der Waals surface area contributed by atoms with E-state index in [0.29, 0.717) is 11.5 Å². The van der Waals surface area contributed by atoms with Crippen molar-refractivity contribution in [2.24, 2.45) is 0 Å². The maximum atomic E-state index is 12.3. The molecule has 0 aliphatic carbocycles. The fraction of sp³-hybridized carbons (Fsp3) is 0.150. The van der Waals surface area contributed by atoms with Gasteiger partial charge in [0.05, 0.1) is 5.56 Å². The molecule has 0 fully saturated rings. The Morgan fingerprint density at radius 1 is 0.885 bits per heavy atom. The number of nitrogens with zero attached hydrogens (tertiary/aromatic N) is 3. The second-order valence-electron chi connectivity index (χ2n) is 6.18. The maximum absolute atomic E-state index is 12.3. The van der Waals surface area contributed by atoms with E-state index < -0.39 is 0 Å². The molecule has 0 unspecified atom stereocenters. The number of rotatable bonds is 5. The number of amides is 1. The summed E-state index contributed by atoms with van der Waals surface area (Å²) in [6.07, 6.45) is 3.01. The lowest BCUT2D eigenvalue weighted by atomic mass is 10.2. The highest BCUT2D eigenvalue weighted by atomic mass is 16.1. The summed E-state index contributed by atoms with van der Waals surface area (Å²) in [6.45, 7) is 2.00. The summed E-state index contributed by atoms with van der Waals surface area (Å²) < 4.78 is 0. The fourth-order valence-corrected chi connectivity index (χ4v) is 2.32. The van der Waals surface area contributed by atoms with Crippen molar-refractivity contribution in [2.45, 2.75) is 6.92 Å². The second-order valence-corrected chi connectivity index (χ2v) is 6.18. The van der Waals surface area contributed by atoms with Crippen LogP contribution < -0.4 is 15.5 Å². The molecule has 0 atom stereocenters. The minimum Gasteiger partial charge on any atom is -0.378 e. The first-order valence-electron chi connectivity index (χ1n) is 8.26. The van der Waals surface area contributed by atoms with Crippen LogP contribution in [0.25, 0.3) is 0 Å². The summed E-state index contributed by atoms with van der Waals surface area (Å²) in [6, 6.07) is 15.5. The van der Waals surface area contributed by atoms with Gasteiger partial charge in [-0.25, -0.2) is 9.97 Å². The molecular weight excluding hydrogens is 326 g/mol. The van der Waals surface area contributed by atoms with E-state index in [0.717, 1.165) is 22.6 Å². The molecule has 0 spiro atoms. The molecule has 3 rings (SSSR count). The van der Waals surface area contributed by atoms with Gasteiger partial charge in [0.2, 0.25) is 5.95 Å². The summed E-state index contributed by atoms with van der Waals surface area (Å²) in [7, 11) is 3.98. The van der Waals surface area contributed by atoms with Crippen molar-refractivity contribution < 1.29 is 4.79 Å². The smallest absolute Gasteiger partial charge is 0.258 e. The monoisotopic (exact) mass is 347 g/mol. The third-order valence-corrected chi connectivity index (χ3v) is 3.86. The number of aromatic nitrogens is 2. The van der Waals surface area contributed by atoms with Gasteiger partial charge >= 0.3 is 0 Å². The molecule has 1 amide bonds. The number of carbonyl (C=O) groups is 1. The van der Waals surface area contributed by atoms with E-state index in [1.165, 1.54) is 12.4 Å². The minimum atomic E-state index is -0.240. The quantitative estimate of drug-likeness (QED) is 0.734. The summed E-state index contributed by atoms with van der Waals surface area (Å²) in [4.78, 5) is 22.7. The topological polar surface area (TPSA) is 70.2 Å². The van der Waals surface area contributed by atoms with E-state index in [2.05, 4.69) is 20.6 Å². The van der Waals surface area contributed by atoms with Gasteiger partial charge in [-0.1, -0.05) is 17.7 Å². The van der Waals surface area contributed by atoms with Crippen LogP contribution in [0, 0.1) is 6.92 Å². The van der Waals surface area contributed by atoms with Crippen molar-refractivity contribution in [1.29, 1.82) is 0 Å². The van der Waals surface area contributed by atoms with Crippen molar-refractivity contribution in [3.8, 4) is 0 Å². The second kappa shape index (κ2) is 7.65. The molecule has 132 valence electrons. The Balaban J connectivity index is 1.64. The first-order chi connectivity index (χ1) is 12.5. The zero-order valence-electron chi connectivity index (χ0n) is 15.0. The minimum absolute atomic E-state index is 0.240. The molecule has 3 aromatic rings. The van der Waals surface area contributed by atoms with Crippen molar-refractivity contribution in [1.82, 2.24) is 9.97 Å². The maximum Gasteiger partial charge on any atom is 0.258 e. The van der Waals surface area contributed by atoms with E-state index in [1.54, 1.807) is 0 Å². The van der Waals surface area contributed by atoms with E-state index in [-0.39, 0.29) is 5.91 Å². The summed E-state index contributed by atoms with van der Waals surface area (Å²) >= 11 is 0. The largest absolute Gasteiger partial charge is 0.378 e. The first kappa shape index (κ1) is 17.4. The Kier molecular flexibility index (Phi) is 5.12. The Labute approximate surface area is 152 Å². The average Bonchev–Trinajstić information content (AvgIpc) is 2.64. The highest BCUT2D eigenvalue weighted by Gasteiger charge is 2.08. The molecule has 0 aliphatic rings. The lowest BCUT2D eigenvalue weighted by Crippen LogP contribution is -2.13. The molecule has 26 heavy (non-hydrogen) atoms. The van der Waals surface area contributed by atoms with E-state index in [1.807, 2.05) is 74.4 Å². The number of benzene rings is 2. The lowest BCUT2D eigenvalue weighted by molar-refractivity contribution is 0.102. The van der Waals surface area contributed by atoms with Crippen LogP contribution in [-0.4, -0.2) is 30.0 Å². The van der Waals surface area contributed by atoms with Gasteiger partial charge in [-0.2, -0.15) is 0 Å². The number of nitrogens with one attached hydrogen (secondary N) is 2. The molecule has 2 N–H and O–H groups in total. The van der Waals surface area contributed by atoms with Crippen LogP contribution in [0.5, 0.6) is 0 Å². The van der Waals surface area contributed by atoms with Crippen LogP contribution in [0.1, 0.15) is 15.9 Å². The predicted molar refractivity (Wildman–Crippen MR) is 105 cm³/mol. The zero-order chi connectivity index (χ0) is 18.5. The Morgan fingerprint density at radius 3 is 2.04 bits per heavy atom. The Hall–Kier alpha value is -3.41. The number of anilines is 4. The molecule has 1 heterocycles. The summed E-state index contributed by atoms with van der Waals surface area (Å²) in [5, 5.41) is 5.95. The first-order valence-corrected chi connectivity index (χ1v) is 8.26. The lowest BCUT2D eigenvalue weighted by Gasteiger charge is -2.13. The summed E-state index contributed by atoms with van der Waals surface area (Å²) in [5.41, 5.74) is 4.27. The Morgan fingerprint density at radius 2 is 1.46 bits per heavy atom. The third kappa shape index (κ3) is 4.36. The van der Waals surface area contributed by atoms with Gasteiger partial charge in [-0.15, -0.1) is 0 Å². The predicted octanol–water partition coefficient (Wildman–Crippen LogP) is 3.85. The van der Waals surface area contributed by atoms with Crippen LogP contribution in [0.15, 0.2) is 60.9 Å². The van der Waals surface area contributed by atoms with E-state index in [4.69, 9.17) is 0 Å². The average molecular weight is 347 g/mol. The number of hydrogen-bond acceptors (Lipinski definition) is 5. The van der Waals surface area contributed by atoms with Gasteiger partial charge in [0.15, 0.2) is 0 Å². The van der Waals surface area contributed by atoms with Crippen molar-refractivity contribution in [2.75, 3.05) is 29.6 Å². The van der Waals surface area contributed by atoms with Crippen LogP contribution >= 0.6 is 0 Å². The van der Waals surface area contributed by atoms with Gasteiger partial charge in [0.25, 0.3) is 5.91 Å². The van der Waals surface area contributed by atoms with Gasteiger partial charge in [-0.05, 0) is 43.3 Å². The molecule has 0 saturated heterocycles. The molecule has 0 bridgehead atoms. The van der Waals surface area contributed by atoms with E-state index in [9.17, 15) is 4.79 Å². The van der Waals surface area contributed by atoms with Crippen LogP contribution in [0.4, 0.5) is 23.0 Å². The SMILES string of the molecule is Cc1ccc(NC(=O)c2cnc(Nc3ccc(N(C)C)cc3)nc2)cc1. The van der Waals surface area contributed by atoms with Crippen LogP contribution in [0.2, 0.25) is 0 Å². The zero-order valence-corrected chi connectivity index (χ0v) is 15.0. The number of carbonyl (C=O) groups excluding carboxylic acids is 1. The van der Waals surface area contributed by atoms with Crippen molar-refractivity contribution >= 4 is 28.9 Å². The highest BCUT2D eigenvalue weighted by Crippen LogP contribution is 2.18. The molecule has 2 aromatic carbocycles. The fourth-order valence-electron chi connectivity index (χ4n) is 2.32. The van der Waals surface area contributed by atoms with Crippen LogP contribution in [0.3, 0.4) is 0 Å². The highest BCUT2D eigenvalue weighted by molar-refractivity contribution is 6.03. The standard InChI is InChI=1S/C20H21N5O/c1-14-4-6-16(7-5-14)23-19(26)15-12-21-20(22-13-15)24-17-8-10-18(11-9-17)25(2)3/h4-13H,1-3H3,(H,23,26)(H,21,22,24). The molecule has 6 nitrogen and oxygen atoms in total. The van der Waals surface area contributed by atoms with Crippen molar-refractivity contribution in [3.05, 3.63) is 72.1 Å². The molecule has 0 radical (unpaired) electrons. The van der Waals surface area contributed by atoms with Gasteiger partial charge in [0.1, 0.15) is 0 Å². The molecular formula is C20H21N5O. The number of hydrogen-bond donors (Lipinski definition) is 2. The van der Waals surface area contributed by atoms with Gasteiger partial charge in [-0.3, -0.25) is 4.79 Å².